The molecule has 0 atom stereocenters. The van der Waals surface area contributed by atoms with Gasteiger partial charge < -0.3 is 5.73 Å². The van der Waals surface area contributed by atoms with Gasteiger partial charge in [0.15, 0.2) is 0 Å². The minimum Gasteiger partial charge on any atom is -0.396 e. The summed E-state index contributed by atoms with van der Waals surface area (Å²) < 4.78 is 3.49. The van der Waals surface area contributed by atoms with E-state index in [0.717, 1.165) is 23.5 Å². The lowest BCUT2D eigenvalue weighted by molar-refractivity contribution is 0.484. The molecule has 0 aliphatic rings. The van der Waals surface area contributed by atoms with Gasteiger partial charge >= 0.3 is 0 Å². The summed E-state index contributed by atoms with van der Waals surface area (Å²) in [6.07, 6.45) is 3.43. The summed E-state index contributed by atoms with van der Waals surface area (Å²) in [4.78, 5) is 0. The molecule has 0 aliphatic heterocycles. The third-order valence-electron chi connectivity index (χ3n) is 3.08. The Labute approximate surface area is 122 Å². The topological polar surface area (TPSA) is 87.4 Å². The number of benzene rings is 1. The van der Waals surface area contributed by atoms with Crippen molar-refractivity contribution in [2.45, 2.75) is 20.4 Å². The number of hydrogen-bond donors (Lipinski definition) is 1. The minimum absolute atomic E-state index is 0.518. The van der Waals surface area contributed by atoms with Crippen molar-refractivity contribution in [1.29, 1.82) is 0 Å². The Balaban J connectivity index is 1.97. The Kier molecular flexibility index (Phi) is 3.39. The van der Waals surface area contributed by atoms with Gasteiger partial charge in [0, 0.05) is 18.3 Å². The Hall–Kier alpha value is -2.70. The summed E-state index contributed by atoms with van der Waals surface area (Å²) in [5.41, 5.74) is 9.36. The molecule has 0 amide bonds. The van der Waals surface area contributed by atoms with Crippen LogP contribution in [0.2, 0.25) is 0 Å². The largest absolute Gasteiger partial charge is 0.396 e. The standard InChI is InChI=1S/C14H17N7/c1-10(2)7-20-8-13(15)14(17-20)11-4-3-5-12(6-11)21-9-16-18-19-21/h3-6,8-10H,7,15H2,1-2H3. The highest BCUT2D eigenvalue weighted by Gasteiger charge is 2.10. The number of nitrogens with two attached hydrogens (primary N) is 1. The van der Waals surface area contributed by atoms with Crippen LogP contribution in [0.3, 0.4) is 0 Å². The molecule has 3 rings (SSSR count). The van der Waals surface area contributed by atoms with Crippen LogP contribution < -0.4 is 5.73 Å². The summed E-state index contributed by atoms with van der Waals surface area (Å²) in [5.74, 6) is 0.518. The smallest absolute Gasteiger partial charge is 0.143 e. The van der Waals surface area contributed by atoms with Crippen LogP contribution in [0.1, 0.15) is 13.8 Å². The molecule has 3 aromatic rings. The van der Waals surface area contributed by atoms with Crippen LogP contribution in [0.25, 0.3) is 16.9 Å². The zero-order chi connectivity index (χ0) is 14.8. The van der Waals surface area contributed by atoms with Gasteiger partial charge in [-0.1, -0.05) is 26.0 Å². The van der Waals surface area contributed by atoms with Crippen LogP contribution in [0, 0.1) is 5.92 Å². The maximum Gasteiger partial charge on any atom is 0.143 e. The predicted octanol–water partition coefficient (Wildman–Crippen LogP) is 1.76. The average Bonchev–Trinajstić information content (AvgIpc) is 3.08. The molecular formula is C14H17N7. The van der Waals surface area contributed by atoms with Crippen molar-refractivity contribution in [2.75, 3.05) is 5.73 Å². The third kappa shape index (κ3) is 2.76. The van der Waals surface area contributed by atoms with Gasteiger partial charge in [-0.25, -0.2) is 4.68 Å². The number of anilines is 1. The Morgan fingerprint density at radius 3 is 2.86 bits per heavy atom. The molecule has 7 heteroatoms. The summed E-state index contributed by atoms with van der Waals surface area (Å²) in [5, 5.41) is 15.7. The van der Waals surface area contributed by atoms with E-state index in [4.69, 9.17) is 5.73 Å². The van der Waals surface area contributed by atoms with Crippen molar-refractivity contribution in [3.05, 3.63) is 36.8 Å². The molecule has 0 spiro atoms. The van der Waals surface area contributed by atoms with Gasteiger partial charge in [0.05, 0.1) is 11.4 Å². The van der Waals surface area contributed by atoms with E-state index < -0.39 is 0 Å². The Bertz CT molecular complexity index is 728. The lowest BCUT2D eigenvalue weighted by atomic mass is 10.1. The molecule has 0 radical (unpaired) electrons. The first kappa shape index (κ1) is 13.3. The van der Waals surface area contributed by atoms with E-state index in [1.54, 1.807) is 11.0 Å². The molecule has 2 N–H and O–H groups in total. The van der Waals surface area contributed by atoms with Gasteiger partial charge in [-0.3, -0.25) is 4.68 Å². The number of aromatic nitrogens is 6. The lowest BCUT2D eigenvalue weighted by Crippen LogP contribution is -2.04. The van der Waals surface area contributed by atoms with Gasteiger partial charge in [0.1, 0.15) is 12.0 Å². The van der Waals surface area contributed by atoms with Gasteiger partial charge in [0.25, 0.3) is 0 Å². The van der Waals surface area contributed by atoms with Crippen LogP contribution in [0.5, 0.6) is 0 Å². The molecule has 0 saturated carbocycles. The quantitative estimate of drug-likeness (QED) is 0.788. The van der Waals surface area contributed by atoms with E-state index in [0.29, 0.717) is 11.6 Å². The number of hydrogen-bond acceptors (Lipinski definition) is 5. The first-order chi connectivity index (χ1) is 10.1. The first-order valence-electron chi connectivity index (χ1n) is 6.80. The van der Waals surface area contributed by atoms with Crippen molar-refractivity contribution in [1.82, 2.24) is 30.0 Å². The van der Waals surface area contributed by atoms with E-state index in [2.05, 4.69) is 34.5 Å². The van der Waals surface area contributed by atoms with Gasteiger partial charge in [-0.2, -0.15) is 5.10 Å². The fourth-order valence-electron chi connectivity index (χ4n) is 2.20. The molecule has 1 aromatic carbocycles. The summed E-state index contributed by atoms with van der Waals surface area (Å²) >= 11 is 0. The molecule has 108 valence electrons. The second-order valence-corrected chi connectivity index (χ2v) is 5.35. The lowest BCUT2D eigenvalue weighted by Gasteiger charge is -2.04. The second-order valence-electron chi connectivity index (χ2n) is 5.35. The first-order valence-corrected chi connectivity index (χ1v) is 6.80. The molecular weight excluding hydrogens is 266 g/mol. The maximum absolute atomic E-state index is 6.09. The zero-order valence-electron chi connectivity index (χ0n) is 12.0. The van der Waals surface area contributed by atoms with Crippen molar-refractivity contribution in [2.24, 2.45) is 5.92 Å². The van der Waals surface area contributed by atoms with Gasteiger partial charge in [0.2, 0.25) is 0 Å². The molecule has 0 unspecified atom stereocenters. The van der Waals surface area contributed by atoms with Gasteiger partial charge in [-0.05, 0) is 28.5 Å². The van der Waals surface area contributed by atoms with Crippen LogP contribution in [0.15, 0.2) is 36.8 Å². The summed E-state index contributed by atoms with van der Waals surface area (Å²) in [6.45, 7) is 5.14. The molecule has 0 bridgehead atoms. The predicted molar refractivity (Wildman–Crippen MR) is 79.6 cm³/mol. The van der Waals surface area contributed by atoms with Crippen LogP contribution in [0.4, 0.5) is 5.69 Å². The van der Waals surface area contributed by atoms with Crippen LogP contribution in [-0.2, 0) is 6.54 Å². The number of nitrogens with zero attached hydrogens (tertiary/aromatic N) is 6. The fraction of sp³-hybridized carbons (Fsp3) is 0.286. The Morgan fingerprint density at radius 2 is 2.14 bits per heavy atom. The third-order valence-corrected chi connectivity index (χ3v) is 3.08. The maximum atomic E-state index is 6.09. The van der Waals surface area contributed by atoms with Crippen molar-refractivity contribution in [3.8, 4) is 16.9 Å². The normalized spacial score (nSPS) is 11.2. The number of nitrogen functional groups attached to an aromatic ring is 1. The molecule has 7 nitrogen and oxygen atoms in total. The highest BCUT2D eigenvalue weighted by Crippen LogP contribution is 2.25. The average molecular weight is 283 g/mol. The van der Waals surface area contributed by atoms with Crippen LogP contribution >= 0.6 is 0 Å². The molecule has 0 saturated heterocycles. The van der Waals surface area contributed by atoms with E-state index in [1.807, 2.05) is 35.1 Å². The zero-order valence-corrected chi connectivity index (χ0v) is 12.0. The second kappa shape index (κ2) is 5.35. The minimum atomic E-state index is 0.518. The number of tetrazole rings is 1. The Morgan fingerprint density at radius 1 is 1.29 bits per heavy atom. The van der Waals surface area contributed by atoms with Crippen molar-refractivity contribution in [3.63, 3.8) is 0 Å². The SMILES string of the molecule is CC(C)Cn1cc(N)c(-c2cccc(-n3cnnn3)c2)n1. The van der Waals surface area contributed by atoms with E-state index >= 15 is 0 Å². The van der Waals surface area contributed by atoms with E-state index in [9.17, 15) is 0 Å². The van der Waals surface area contributed by atoms with E-state index in [-0.39, 0.29) is 0 Å². The van der Waals surface area contributed by atoms with Crippen LogP contribution in [-0.4, -0.2) is 30.0 Å². The fourth-order valence-corrected chi connectivity index (χ4v) is 2.20. The molecule has 2 heterocycles. The number of rotatable bonds is 4. The monoisotopic (exact) mass is 283 g/mol. The highest BCUT2D eigenvalue weighted by molar-refractivity contribution is 5.73. The highest BCUT2D eigenvalue weighted by atomic mass is 15.5. The van der Waals surface area contributed by atoms with E-state index in [1.165, 1.54) is 0 Å². The molecule has 0 fully saturated rings. The molecule has 21 heavy (non-hydrogen) atoms. The van der Waals surface area contributed by atoms with Gasteiger partial charge in [-0.15, -0.1) is 5.10 Å². The molecule has 2 aromatic heterocycles. The molecule has 0 aliphatic carbocycles. The van der Waals surface area contributed by atoms with Crippen molar-refractivity contribution < 1.29 is 0 Å². The summed E-state index contributed by atoms with van der Waals surface area (Å²) in [6, 6.07) is 7.81. The summed E-state index contributed by atoms with van der Waals surface area (Å²) in [7, 11) is 0. The van der Waals surface area contributed by atoms with Crippen molar-refractivity contribution >= 4 is 5.69 Å².